The van der Waals surface area contributed by atoms with Gasteiger partial charge in [-0.05, 0) is 18.6 Å². The topological polar surface area (TPSA) is 86.7 Å². The summed E-state index contributed by atoms with van der Waals surface area (Å²) < 4.78 is 0.604. The second-order valence-electron chi connectivity index (χ2n) is 4.85. The van der Waals surface area contributed by atoms with Crippen LogP contribution in [0.2, 0.25) is 0 Å². The van der Waals surface area contributed by atoms with Crippen LogP contribution in [-0.2, 0) is 16.1 Å². The number of benzene rings is 1. The molecule has 1 aromatic rings. The molecule has 1 unspecified atom stereocenters. The number of carbonyl (C=O) groups excluding carboxylic acids is 3. The lowest BCUT2D eigenvalue weighted by atomic mass is 10.0. The maximum atomic E-state index is 12.4. The van der Waals surface area contributed by atoms with Crippen molar-refractivity contribution in [2.24, 2.45) is 0 Å². The first-order valence-corrected chi connectivity index (χ1v) is 6.92. The predicted molar refractivity (Wildman–Crippen MR) is 71.9 cm³/mol. The number of carbonyl (C=O) groups is 3. The van der Waals surface area contributed by atoms with Crippen molar-refractivity contribution in [3.8, 4) is 5.75 Å². The molecule has 0 radical (unpaired) electrons. The highest BCUT2D eigenvalue weighted by molar-refractivity contribution is 9.10. The molecular weight excluding hydrogens is 328 g/mol. The molecule has 1 aromatic carbocycles. The second-order valence-corrected chi connectivity index (χ2v) is 5.77. The van der Waals surface area contributed by atoms with E-state index in [-0.39, 0.29) is 30.5 Å². The molecule has 0 bridgehead atoms. The standard InChI is InChI=1S/C13H11BrN2O4/c14-6-3-7-8(10(17)4-6)5-16(13(7)20)9-1-2-11(18)15-12(9)19/h3-4,9,17H,1-2,5H2,(H,15,18,19). The zero-order valence-electron chi connectivity index (χ0n) is 10.4. The third kappa shape index (κ3) is 1.98. The first kappa shape index (κ1) is 13.1. The number of nitrogens with one attached hydrogen (secondary N) is 1. The smallest absolute Gasteiger partial charge is 0.255 e. The van der Waals surface area contributed by atoms with Gasteiger partial charge in [0.25, 0.3) is 5.91 Å². The third-order valence-electron chi connectivity index (χ3n) is 3.60. The quantitative estimate of drug-likeness (QED) is 0.745. The Labute approximate surface area is 122 Å². The number of aromatic hydroxyl groups is 1. The molecule has 104 valence electrons. The number of imide groups is 1. The summed E-state index contributed by atoms with van der Waals surface area (Å²) in [6, 6.07) is 2.48. The molecular formula is C13H11BrN2O4. The molecule has 2 heterocycles. The molecule has 6 nitrogen and oxygen atoms in total. The molecule has 0 aromatic heterocycles. The van der Waals surface area contributed by atoms with Crippen LogP contribution in [0.3, 0.4) is 0 Å². The molecule has 2 aliphatic rings. The van der Waals surface area contributed by atoms with Crippen molar-refractivity contribution in [3.63, 3.8) is 0 Å². The number of hydrogen-bond donors (Lipinski definition) is 2. The van der Waals surface area contributed by atoms with E-state index in [0.717, 1.165) is 0 Å². The van der Waals surface area contributed by atoms with Gasteiger partial charge in [0.05, 0.1) is 6.54 Å². The van der Waals surface area contributed by atoms with Crippen LogP contribution in [0.1, 0.15) is 28.8 Å². The highest BCUT2D eigenvalue weighted by Crippen LogP contribution is 2.35. The number of hydrogen-bond acceptors (Lipinski definition) is 4. The Bertz CT molecular complexity index is 644. The normalized spacial score (nSPS) is 21.9. The van der Waals surface area contributed by atoms with Crippen LogP contribution in [0, 0.1) is 0 Å². The molecule has 1 atom stereocenters. The Morgan fingerprint density at radius 3 is 2.75 bits per heavy atom. The fourth-order valence-electron chi connectivity index (χ4n) is 2.61. The van der Waals surface area contributed by atoms with Gasteiger partial charge in [0.15, 0.2) is 0 Å². The molecule has 2 aliphatic heterocycles. The van der Waals surface area contributed by atoms with Gasteiger partial charge in [-0.25, -0.2) is 0 Å². The van der Waals surface area contributed by atoms with Gasteiger partial charge in [-0.2, -0.15) is 0 Å². The Morgan fingerprint density at radius 1 is 1.30 bits per heavy atom. The van der Waals surface area contributed by atoms with Gasteiger partial charge in [0, 0.05) is 22.0 Å². The van der Waals surface area contributed by atoms with E-state index in [1.165, 1.54) is 11.0 Å². The molecule has 7 heteroatoms. The monoisotopic (exact) mass is 338 g/mol. The van der Waals surface area contributed by atoms with Crippen molar-refractivity contribution in [1.29, 1.82) is 0 Å². The minimum absolute atomic E-state index is 0.0255. The molecule has 0 aliphatic carbocycles. The summed E-state index contributed by atoms with van der Waals surface area (Å²) in [6.45, 7) is 0.180. The minimum atomic E-state index is -0.661. The van der Waals surface area contributed by atoms with Gasteiger partial charge >= 0.3 is 0 Å². The van der Waals surface area contributed by atoms with E-state index in [1.807, 2.05) is 0 Å². The van der Waals surface area contributed by atoms with Crippen LogP contribution in [0.4, 0.5) is 0 Å². The maximum Gasteiger partial charge on any atom is 0.255 e. The summed E-state index contributed by atoms with van der Waals surface area (Å²) >= 11 is 3.22. The zero-order chi connectivity index (χ0) is 14.4. The minimum Gasteiger partial charge on any atom is -0.508 e. The van der Waals surface area contributed by atoms with Gasteiger partial charge < -0.3 is 10.0 Å². The lowest BCUT2D eigenvalue weighted by Crippen LogP contribution is -2.52. The number of phenolic OH excluding ortho intramolecular Hbond substituents is 1. The molecule has 3 amide bonds. The van der Waals surface area contributed by atoms with Crippen molar-refractivity contribution in [1.82, 2.24) is 10.2 Å². The Kier molecular flexibility index (Phi) is 3.01. The van der Waals surface area contributed by atoms with Crippen LogP contribution in [0.5, 0.6) is 5.75 Å². The van der Waals surface area contributed by atoms with Crippen LogP contribution in [0.15, 0.2) is 16.6 Å². The maximum absolute atomic E-state index is 12.4. The molecule has 20 heavy (non-hydrogen) atoms. The van der Waals surface area contributed by atoms with Crippen LogP contribution in [-0.4, -0.2) is 33.8 Å². The number of nitrogens with zero attached hydrogens (tertiary/aromatic N) is 1. The summed E-state index contributed by atoms with van der Waals surface area (Å²) in [6.07, 6.45) is 0.526. The van der Waals surface area contributed by atoms with E-state index in [1.54, 1.807) is 6.07 Å². The van der Waals surface area contributed by atoms with Gasteiger partial charge in [-0.3, -0.25) is 19.7 Å². The third-order valence-corrected chi connectivity index (χ3v) is 4.06. The second kappa shape index (κ2) is 4.59. The van der Waals surface area contributed by atoms with E-state index in [4.69, 9.17) is 0 Å². The SMILES string of the molecule is O=C1CCC(N2Cc3c(O)cc(Br)cc3C2=O)C(=O)N1. The predicted octanol–water partition coefficient (Wildman–Crippen LogP) is 0.916. The number of halogens is 1. The van der Waals surface area contributed by atoms with E-state index in [0.29, 0.717) is 22.0 Å². The van der Waals surface area contributed by atoms with E-state index < -0.39 is 11.9 Å². The number of rotatable bonds is 1. The molecule has 0 saturated carbocycles. The lowest BCUT2D eigenvalue weighted by molar-refractivity contribution is -0.136. The summed E-state index contributed by atoms with van der Waals surface area (Å²) in [5.41, 5.74) is 0.907. The molecule has 0 spiro atoms. The highest BCUT2D eigenvalue weighted by atomic mass is 79.9. The number of phenols is 1. The molecule has 2 N–H and O–H groups in total. The molecule has 1 saturated heterocycles. The first-order valence-electron chi connectivity index (χ1n) is 6.13. The zero-order valence-corrected chi connectivity index (χ0v) is 11.9. The fourth-order valence-corrected chi connectivity index (χ4v) is 3.05. The summed E-state index contributed by atoms with van der Waals surface area (Å²) in [7, 11) is 0. The number of amides is 3. The first-order chi connectivity index (χ1) is 9.47. The number of piperidine rings is 1. The average molecular weight is 339 g/mol. The summed E-state index contributed by atoms with van der Waals surface area (Å²) in [5, 5.41) is 12.1. The van der Waals surface area contributed by atoms with E-state index >= 15 is 0 Å². The largest absolute Gasteiger partial charge is 0.508 e. The van der Waals surface area contributed by atoms with Crippen LogP contribution >= 0.6 is 15.9 Å². The van der Waals surface area contributed by atoms with Gasteiger partial charge in [-0.15, -0.1) is 0 Å². The van der Waals surface area contributed by atoms with E-state index in [9.17, 15) is 19.5 Å². The fraction of sp³-hybridized carbons (Fsp3) is 0.308. The van der Waals surface area contributed by atoms with Crippen molar-refractivity contribution in [2.75, 3.05) is 0 Å². The highest BCUT2D eigenvalue weighted by Gasteiger charge is 2.40. The Hall–Kier alpha value is -1.89. The number of fused-ring (bicyclic) bond motifs is 1. The molecule has 3 rings (SSSR count). The van der Waals surface area contributed by atoms with Gasteiger partial charge in [-0.1, -0.05) is 15.9 Å². The van der Waals surface area contributed by atoms with Crippen LogP contribution in [0.25, 0.3) is 0 Å². The van der Waals surface area contributed by atoms with Crippen LogP contribution < -0.4 is 5.32 Å². The van der Waals surface area contributed by atoms with Crippen molar-refractivity contribution >= 4 is 33.7 Å². The summed E-state index contributed by atoms with van der Waals surface area (Å²) in [4.78, 5) is 36.8. The summed E-state index contributed by atoms with van der Waals surface area (Å²) in [5.74, 6) is -1.05. The van der Waals surface area contributed by atoms with Crippen molar-refractivity contribution < 1.29 is 19.5 Å². The van der Waals surface area contributed by atoms with Gasteiger partial charge in [0.1, 0.15) is 11.8 Å². The average Bonchev–Trinajstić information content (AvgIpc) is 2.68. The molecule has 1 fully saturated rings. The van der Waals surface area contributed by atoms with Crippen molar-refractivity contribution in [3.05, 3.63) is 27.7 Å². The lowest BCUT2D eigenvalue weighted by Gasteiger charge is -2.29. The van der Waals surface area contributed by atoms with E-state index in [2.05, 4.69) is 21.2 Å². The Balaban J connectivity index is 1.92. The van der Waals surface area contributed by atoms with Gasteiger partial charge in [0.2, 0.25) is 11.8 Å². The van der Waals surface area contributed by atoms with Crippen molar-refractivity contribution in [2.45, 2.75) is 25.4 Å². The Morgan fingerprint density at radius 2 is 2.05 bits per heavy atom.